The van der Waals surface area contributed by atoms with E-state index in [1.807, 2.05) is 0 Å². The molecule has 0 amide bonds. The van der Waals surface area contributed by atoms with Crippen molar-refractivity contribution in [1.29, 1.82) is 0 Å². The van der Waals surface area contributed by atoms with Crippen LogP contribution >= 0.6 is 0 Å². The molecule has 0 radical (unpaired) electrons. The molecule has 0 spiro atoms. The molecular weight excluding hydrogens is 1900 g/mol. The zero-order chi connectivity index (χ0) is 112. The Labute approximate surface area is 744 Å². The molecule has 0 aromatic heterocycles. The van der Waals surface area contributed by atoms with Gasteiger partial charge >= 0.3 is 203 Å². The molecule has 0 aromatic rings. The van der Waals surface area contributed by atoms with Crippen LogP contribution in [0.1, 0.15) is 0 Å². The summed E-state index contributed by atoms with van der Waals surface area (Å²) in [6.45, 7) is 0. The van der Waals surface area contributed by atoms with Crippen LogP contribution < -0.4 is 0 Å². The van der Waals surface area contributed by atoms with E-state index in [2.05, 4.69) is 0 Å². The maximum absolute atomic E-state index is 9.55. The fraction of sp³-hybridized carbons (Fsp3) is 0. The van der Waals surface area contributed by atoms with Crippen LogP contribution in [0.25, 0.3) is 0 Å². The molecule has 0 rings (SSSR count). The molecule has 0 unspecified atom stereocenters. The number of carbonyl (C=O) groups is 34. The minimum Gasteiger partial charge on any atom is -0.478 e. The smallest absolute Gasteiger partial charge is 0.328 e. The number of aliphatic carboxylic acids is 34. The normalized spacial score (nSPS) is 9.50. The highest BCUT2D eigenvalue weighted by atomic mass is 16.5. The largest absolute Gasteiger partial charge is 0.478 e. The average molecular weight is 1970 g/mol. The zero-order valence-electron chi connectivity index (χ0n) is 65.7. The molecule has 68 nitrogen and oxygen atoms in total. The lowest BCUT2D eigenvalue weighted by atomic mass is 10.5. The summed E-state index contributed by atoms with van der Waals surface area (Å²) in [4.78, 5) is 325. The van der Waals surface area contributed by atoms with Crippen molar-refractivity contribution in [3.8, 4) is 0 Å². The summed E-state index contributed by atoms with van der Waals surface area (Å²) >= 11 is 0. The first-order valence-electron chi connectivity index (χ1n) is 30.0. The standard InChI is InChI=1S/17C4H4O4/c17*5-3(6)1-2-4(7)8/h17*1-2H,(H,5,6)(H,7,8)/b17*2-1+. The van der Waals surface area contributed by atoms with Gasteiger partial charge in [0.15, 0.2) is 0 Å². The Morgan fingerprint density at radius 3 is 0.0809 bits per heavy atom. The Kier molecular flexibility index (Phi) is 123. The van der Waals surface area contributed by atoms with Gasteiger partial charge in [-0.3, -0.25) is 0 Å². The highest BCUT2D eigenvalue weighted by Gasteiger charge is 1.98. The lowest BCUT2D eigenvalue weighted by molar-refractivity contribution is -0.134. The minimum atomic E-state index is -1.26. The van der Waals surface area contributed by atoms with Gasteiger partial charge in [0.2, 0.25) is 0 Å². The molecule has 0 aliphatic heterocycles. The number of hydrogen-bond donors (Lipinski definition) is 34. The van der Waals surface area contributed by atoms with E-state index < -0.39 is 203 Å². The number of rotatable bonds is 34. The van der Waals surface area contributed by atoms with Gasteiger partial charge in [-0.2, -0.15) is 0 Å². The summed E-state index contributed by atoms with van der Waals surface area (Å²) in [6.07, 6.45) is 19.0. The molecule has 0 bridgehead atoms. The molecule has 34 N–H and O–H groups in total. The zero-order valence-corrected chi connectivity index (χ0v) is 65.7. The molecule has 0 atom stereocenters. The summed E-state index contributed by atoms with van der Waals surface area (Å²) < 4.78 is 0. The third-order valence-electron chi connectivity index (χ3n) is 6.26. The summed E-state index contributed by atoms with van der Waals surface area (Å²) in [7, 11) is 0. The minimum absolute atomic E-state index is 0.558. The van der Waals surface area contributed by atoms with Crippen LogP contribution in [0.3, 0.4) is 0 Å². The summed E-state index contributed by atoms with van der Waals surface area (Å²) in [5.41, 5.74) is 0. The van der Waals surface area contributed by atoms with Crippen molar-refractivity contribution in [2.45, 2.75) is 0 Å². The Hall–Kier alpha value is -22.4. The van der Waals surface area contributed by atoms with E-state index in [1.54, 1.807) is 0 Å². The van der Waals surface area contributed by atoms with Crippen molar-refractivity contribution < 1.29 is 337 Å². The lowest BCUT2D eigenvalue weighted by Crippen LogP contribution is -1.91. The van der Waals surface area contributed by atoms with Crippen LogP contribution in [0.2, 0.25) is 0 Å². The van der Waals surface area contributed by atoms with Crippen molar-refractivity contribution in [2.75, 3.05) is 0 Å². The molecule has 0 aliphatic rings. The van der Waals surface area contributed by atoms with E-state index in [4.69, 9.17) is 174 Å². The van der Waals surface area contributed by atoms with Gasteiger partial charge in [0.25, 0.3) is 0 Å². The van der Waals surface area contributed by atoms with E-state index in [1.165, 1.54) is 0 Å². The summed E-state index contributed by atoms with van der Waals surface area (Å²) in [5, 5.41) is 266. The molecule has 68 heteroatoms. The molecule has 0 fully saturated rings. The van der Waals surface area contributed by atoms with Gasteiger partial charge in [0, 0.05) is 207 Å². The maximum atomic E-state index is 9.55. The predicted molar refractivity (Wildman–Crippen MR) is 415 cm³/mol. The first-order valence-corrected chi connectivity index (χ1v) is 30.0. The van der Waals surface area contributed by atoms with Crippen LogP contribution in [-0.4, -0.2) is 377 Å². The van der Waals surface area contributed by atoms with Gasteiger partial charge < -0.3 is 174 Å². The highest BCUT2D eigenvalue weighted by molar-refractivity contribution is 5.98. The van der Waals surface area contributed by atoms with Crippen molar-refractivity contribution >= 4 is 203 Å². The number of carboxylic acids is 34. The van der Waals surface area contributed by atoms with Gasteiger partial charge in [0.1, 0.15) is 0 Å². The molecule has 0 aromatic carbocycles. The van der Waals surface area contributed by atoms with Crippen LogP contribution in [0, 0.1) is 0 Å². The molecule has 748 valence electrons. The SMILES string of the molecule is O=C(O)/C=C/C(=O)O.O=C(O)/C=C/C(=O)O.O=C(O)/C=C/C(=O)O.O=C(O)/C=C/C(=O)O.O=C(O)/C=C/C(=O)O.O=C(O)/C=C/C(=O)O.O=C(O)/C=C/C(=O)O.O=C(O)/C=C/C(=O)O.O=C(O)/C=C/C(=O)O.O=C(O)/C=C/C(=O)O.O=C(O)/C=C/C(=O)O.O=C(O)/C=C/C(=O)O.O=C(O)/C=C/C(=O)O.O=C(O)/C=C/C(=O)O.O=C(O)/C=C/C(=O)O.O=C(O)/C=C/C(=O)O.O=C(O)/C=C/C(=O)O. The second-order valence-corrected chi connectivity index (χ2v) is 17.2. The van der Waals surface area contributed by atoms with Crippen molar-refractivity contribution in [1.82, 2.24) is 0 Å². The highest BCUT2D eigenvalue weighted by Crippen LogP contribution is 1.81. The third kappa shape index (κ3) is 348. The Morgan fingerprint density at radius 1 is 0.0588 bits per heavy atom. The number of hydrogen-bond acceptors (Lipinski definition) is 34. The Morgan fingerprint density at radius 2 is 0.0735 bits per heavy atom. The maximum Gasteiger partial charge on any atom is 0.328 e. The topological polar surface area (TPSA) is 1270 Å². The molecule has 136 heavy (non-hydrogen) atoms. The number of carboxylic acid groups (broad SMARTS) is 34. The molecule has 0 aliphatic carbocycles. The van der Waals surface area contributed by atoms with Crippen molar-refractivity contribution in [2.24, 2.45) is 0 Å². The van der Waals surface area contributed by atoms with Gasteiger partial charge in [-0.05, 0) is 0 Å². The van der Waals surface area contributed by atoms with Gasteiger partial charge in [0.05, 0.1) is 0 Å². The fourth-order valence-corrected chi connectivity index (χ4v) is 2.42. The van der Waals surface area contributed by atoms with Crippen molar-refractivity contribution in [3.05, 3.63) is 207 Å². The van der Waals surface area contributed by atoms with Gasteiger partial charge in [-0.25, -0.2) is 163 Å². The summed E-state index contributed by atoms with van der Waals surface area (Å²) in [5.74, 6) is -42.7. The van der Waals surface area contributed by atoms with Crippen molar-refractivity contribution in [3.63, 3.8) is 0 Å². The third-order valence-corrected chi connectivity index (χ3v) is 6.26. The lowest BCUT2D eigenvalue weighted by Gasteiger charge is -1.74. The second kappa shape index (κ2) is 109. The Balaban J connectivity index is -0.0000000738. The summed E-state index contributed by atoms with van der Waals surface area (Å²) in [6, 6.07) is 0. The van der Waals surface area contributed by atoms with E-state index in [0.717, 1.165) is 0 Å². The van der Waals surface area contributed by atoms with Gasteiger partial charge in [-0.15, -0.1) is 0 Å². The van der Waals surface area contributed by atoms with Crippen LogP contribution in [0.5, 0.6) is 0 Å². The molecule has 0 saturated carbocycles. The average Bonchev–Trinajstić information content (AvgIpc) is 1.23. The van der Waals surface area contributed by atoms with E-state index >= 15 is 0 Å². The van der Waals surface area contributed by atoms with Crippen LogP contribution in [0.4, 0.5) is 0 Å². The van der Waals surface area contributed by atoms with Gasteiger partial charge in [-0.1, -0.05) is 0 Å². The fourth-order valence-electron chi connectivity index (χ4n) is 2.42. The molecule has 0 saturated heterocycles. The first kappa shape index (κ1) is 154. The second-order valence-electron chi connectivity index (χ2n) is 17.2. The van der Waals surface area contributed by atoms with E-state index in [9.17, 15) is 163 Å². The van der Waals surface area contributed by atoms with E-state index in [0.29, 0.717) is 207 Å². The quantitative estimate of drug-likeness (QED) is 0.0269. The predicted octanol–water partition coefficient (Wildman–Crippen LogP) is -4.90. The Bertz CT molecular complexity index is 3200. The van der Waals surface area contributed by atoms with Crippen LogP contribution in [0.15, 0.2) is 207 Å². The first-order chi connectivity index (χ1) is 61.6. The van der Waals surface area contributed by atoms with E-state index in [-0.39, 0.29) is 0 Å². The molecular formula is C68H68O68. The monoisotopic (exact) mass is 1970 g/mol. The molecule has 0 heterocycles. The van der Waals surface area contributed by atoms with Crippen LogP contribution in [-0.2, 0) is 163 Å².